The van der Waals surface area contributed by atoms with Crippen LogP contribution < -0.4 is 18.9 Å². The third kappa shape index (κ3) is 3370. The van der Waals surface area contributed by atoms with E-state index in [4.69, 9.17) is 57.7 Å². The molecule has 98 valence electrons. The molecule has 0 radical (unpaired) electrons. The van der Waals surface area contributed by atoms with E-state index >= 15 is 0 Å². The summed E-state index contributed by atoms with van der Waals surface area (Å²) >= 11 is 0. The average Bonchev–Trinajstić information content (AvgIpc) is 1.41. The predicted molar refractivity (Wildman–Crippen MR) is 43.9 cm³/mol. The van der Waals surface area contributed by atoms with Crippen molar-refractivity contribution in [3.05, 3.63) is 0 Å². The van der Waals surface area contributed by atoms with Gasteiger partial charge in [0.25, 0.3) is 0 Å². The maximum Gasteiger partial charge on any atom is 1.00 e. The van der Waals surface area contributed by atoms with Crippen molar-refractivity contribution < 1.29 is 78.0 Å². The molecule has 0 saturated heterocycles. The first-order valence-electron chi connectivity index (χ1n) is 2.35. The Labute approximate surface area is 102 Å². The summed E-state index contributed by atoms with van der Waals surface area (Å²) < 4.78 is 26.6. The summed E-state index contributed by atoms with van der Waals surface area (Å²) in [6.45, 7) is 0. The minimum Gasteiger partial charge on any atom is -1.00 e. The fourth-order valence-corrected chi connectivity index (χ4v) is 0. The topological polar surface area (TPSA) is 233 Å². The standard InChI is InChI=1S/Li.3H3O4P.H/c;3*1-5(2,3)4;/h;3*(H3,1,2,3,4);/q+1;;;;-1. The fourth-order valence-electron chi connectivity index (χ4n) is 0. The van der Waals surface area contributed by atoms with Crippen molar-refractivity contribution in [3.8, 4) is 0 Å². The summed E-state index contributed by atoms with van der Waals surface area (Å²) in [4.78, 5) is 64.7. The van der Waals surface area contributed by atoms with Crippen molar-refractivity contribution in [2.24, 2.45) is 0 Å². The van der Waals surface area contributed by atoms with Gasteiger partial charge in [0, 0.05) is 0 Å². The Hall–Kier alpha value is 0.927. The molecule has 0 aromatic carbocycles. The van der Waals surface area contributed by atoms with Gasteiger partial charge in [-0.15, -0.1) is 0 Å². The second kappa shape index (κ2) is 9.91. The zero-order valence-corrected chi connectivity index (χ0v) is 10.3. The van der Waals surface area contributed by atoms with E-state index in [0.29, 0.717) is 0 Å². The smallest absolute Gasteiger partial charge is 1.00 e. The molecule has 0 aliphatic heterocycles. The van der Waals surface area contributed by atoms with Crippen molar-refractivity contribution in [3.63, 3.8) is 0 Å². The maximum absolute atomic E-state index is 8.88. The molecule has 0 rings (SSSR count). The Kier molecular flexibility index (Phi) is 15.9. The Morgan fingerprint density at radius 3 is 0.500 bits per heavy atom. The minimum atomic E-state index is -4.64. The van der Waals surface area contributed by atoms with Crippen LogP contribution in [-0.4, -0.2) is 44.0 Å². The largest absolute Gasteiger partial charge is 1.00 e. The van der Waals surface area contributed by atoms with Crippen molar-refractivity contribution in [1.82, 2.24) is 0 Å². The zero-order chi connectivity index (χ0) is 13.5. The molecule has 0 aromatic heterocycles. The molecule has 0 bridgehead atoms. The van der Waals surface area contributed by atoms with Crippen LogP contribution in [0.3, 0.4) is 0 Å². The SMILES string of the molecule is O=P(O)(O)O.O=P(O)(O)O.O=P(O)(O)O.[H-].[Li+]. The number of hydrogen-bond acceptors (Lipinski definition) is 3. The quantitative estimate of drug-likeness (QED) is 0.150. The summed E-state index contributed by atoms with van der Waals surface area (Å²) in [5, 5.41) is 0. The summed E-state index contributed by atoms with van der Waals surface area (Å²) in [6, 6.07) is 0. The molecule has 0 unspecified atom stereocenters. The van der Waals surface area contributed by atoms with Gasteiger partial charge in [-0.1, -0.05) is 0 Å². The zero-order valence-electron chi connectivity index (χ0n) is 8.59. The van der Waals surface area contributed by atoms with E-state index in [9.17, 15) is 0 Å². The Morgan fingerprint density at radius 2 is 0.500 bits per heavy atom. The molecule has 0 amide bonds. The second-order valence-corrected chi connectivity index (χ2v) is 4.62. The van der Waals surface area contributed by atoms with Gasteiger partial charge in [-0.3, -0.25) is 0 Å². The third-order valence-electron chi connectivity index (χ3n) is 0. The molecule has 0 atom stereocenters. The van der Waals surface area contributed by atoms with Crippen LogP contribution in [0.5, 0.6) is 0 Å². The van der Waals surface area contributed by atoms with Crippen LogP contribution in [0.25, 0.3) is 0 Å². The average molecular weight is 302 g/mol. The summed E-state index contributed by atoms with van der Waals surface area (Å²) in [7, 11) is -13.9. The normalized spacial score (nSPS) is 11.1. The monoisotopic (exact) mass is 302 g/mol. The molecule has 16 heavy (non-hydrogen) atoms. The van der Waals surface area contributed by atoms with Gasteiger partial charge >= 0.3 is 42.3 Å². The van der Waals surface area contributed by atoms with Crippen LogP contribution >= 0.6 is 23.5 Å². The molecule has 9 N–H and O–H groups in total. The second-order valence-electron chi connectivity index (χ2n) is 1.54. The van der Waals surface area contributed by atoms with E-state index in [-0.39, 0.29) is 20.3 Å². The third-order valence-corrected chi connectivity index (χ3v) is 0. The van der Waals surface area contributed by atoms with E-state index < -0.39 is 23.5 Å². The van der Waals surface area contributed by atoms with E-state index in [1.165, 1.54) is 0 Å². The molecule has 0 fully saturated rings. The molecule has 12 nitrogen and oxygen atoms in total. The minimum absolute atomic E-state index is 0. The van der Waals surface area contributed by atoms with Crippen LogP contribution in [0.2, 0.25) is 0 Å². The van der Waals surface area contributed by atoms with Crippen molar-refractivity contribution in [1.29, 1.82) is 0 Å². The number of rotatable bonds is 0. The molecule has 0 aliphatic rings. The Bertz CT molecular complexity index is 208. The first kappa shape index (κ1) is 25.7. The van der Waals surface area contributed by atoms with Crippen LogP contribution in [-0.2, 0) is 13.7 Å². The van der Waals surface area contributed by atoms with Gasteiger partial charge in [-0.2, -0.15) is 0 Å². The molecule has 0 aliphatic carbocycles. The van der Waals surface area contributed by atoms with Gasteiger partial charge in [0.2, 0.25) is 0 Å². The molecular formula is H10LiO12P3. The van der Waals surface area contributed by atoms with Crippen molar-refractivity contribution >= 4 is 23.5 Å². The van der Waals surface area contributed by atoms with Crippen molar-refractivity contribution in [2.75, 3.05) is 0 Å². The Balaban J connectivity index is -0.0000000400. The first-order chi connectivity index (χ1) is 6.00. The van der Waals surface area contributed by atoms with Gasteiger partial charge in [0.15, 0.2) is 0 Å². The van der Waals surface area contributed by atoms with Gasteiger partial charge in [0.1, 0.15) is 0 Å². The van der Waals surface area contributed by atoms with Crippen LogP contribution in [0.4, 0.5) is 0 Å². The van der Waals surface area contributed by atoms with Crippen molar-refractivity contribution in [2.45, 2.75) is 0 Å². The molecule has 0 saturated carbocycles. The summed E-state index contributed by atoms with van der Waals surface area (Å²) in [6.07, 6.45) is 0. The molecule has 16 heteroatoms. The Morgan fingerprint density at radius 1 is 0.500 bits per heavy atom. The molecule has 0 aromatic rings. The van der Waals surface area contributed by atoms with Crippen LogP contribution in [0, 0.1) is 0 Å². The van der Waals surface area contributed by atoms with Gasteiger partial charge in [-0.05, 0) is 0 Å². The summed E-state index contributed by atoms with van der Waals surface area (Å²) in [5.41, 5.74) is 0. The van der Waals surface area contributed by atoms with Crippen LogP contribution in [0.1, 0.15) is 1.43 Å². The molecule has 0 spiro atoms. The predicted octanol–water partition coefficient (Wildman–Crippen LogP) is -5.67. The van der Waals surface area contributed by atoms with E-state index in [0.717, 1.165) is 0 Å². The van der Waals surface area contributed by atoms with Gasteiger partial charge in [0.05, 0.1) is 0 Å². The molecule has 0 heterocycles. The van der Waals surface area contributed by atoms with E-state index in [2.05, 4.69) is 0 Å². The number of hydrogen-bond donors (Lipinski definition) is 9. The maximum atomic E-state index is 8.88. The van der Waals surface area contributed by atoms with Gasteiger partial charge < -0.3 is 45.5 Å². The van der Waals surface area contributed by atoms with Gasteiger partial charge in [-0.25, -0.2) is 13.7 Å². The summed E-state index contributed by atoms with van der Waals surface area (Å²) in [5.74, 6) is 0. The molecular weight excluding hydrogens is 292 g/mol. The van der Waals surface area contributed by atoms with E-state index in [1.807, 2.05) is 0 Å². The first-order valence-corrected chi connectivity index (χ1v) is 7.04. The fraction of sp³-hybridized carbons (Fsp3) is 0. The van der Waals surface area contributed by atoms with E-state index in [1.54, 1.807) is 0 Å². The van der Waals surface area contributed by atoms with Crippen LogP contribution in [0.15, 0.2) is 0 Å². The number of phosphoric acid groups is 3.